The summed E-state index contributed by atoms with van der Waals surface area (Å²) in [6.07, 6.45) is 0.293. The van der Waals surface area contributed by atoms with Gasteiger partial charge in [0.1, 0.15) is 0 Å². The summed E-state index contributed by atoms with van der Waals surface area (Å²) < 4.78 is 0. The first-order valence-corrected chi connectivity index (χ1v) is 7.82. The van der Waals surface area contributed by atoms with Crippen LogP contribution < -0.4 is 10.7 Å². The number of thiocarbonyl (C=S) groups is 1. The van der Waals surface area contributed by atoms with Crippen molar-refractivity contribution in [3.63, 3.8) is 0 Å². The van der Waals surface area contributed by atoms with Crippen molar-refractivity contribution in [1.82, 2.24) is 10.3 Å². The first-order valence-electron chi connectivity index (χ1n) is 7.41. The van der Waals surface area contributed by atoms with Gasteiger partial charge in [-0.25, -0.2) is 0 Å². The van der Waals surface area contributed by atoms with E-state index in [1.807, 2.05) is 52.0 Å². The Morgan fingerprint density at radius 1 is 1.27 bits per heavy atom. The third kappa shape index (κ3) is 5.81. The van der Waals surface area contributed by atoms with E-state index in [0.717, 1.165) is 11.3 Å². The maximum absolute atomic E-state index is 12.0. The van der Waals surface area contributed by atoms with Gasteiger partial charge in [0, 0.05) is 24.5 Å². The molecule has 0 bridgehead atoms. The molecule has 1 rings (SSSR count). The Labute approximate surface area is 137 Å². The first kappa shape index (κ1) is 18.1. The fourth-order valence-electron chi connectivity index (χ4n) is 1.96. The van der Waals surface area contributed by atoms with Gasteiger partial charge in [-0.2, -0.15) is 5.10 Å². The molecule has 0 aliphatic carbocycles. The zero-order valence-electron chi connectivity index (χ0n) is 13.6. The van der Waals surface area contributed by atoms with Crippen LogP contribution in [0, 0.1) is 6.92 Å². The number of nitrogens with one attached hydrogen (secondary N) is 2. The standard InChI is InChI=1S/C16H24N4OS/c1-5-20(6-2)15(21)11-13(4)18-19-16(22)17-14-10-8-7-9-12(14)3/h7-10H,5-6,11H2,1-4H3,(H2,17,19,22)/b18-13-. The molecule has 0 unspecified atom stereocenters. The van der Waals surface area contributed by atoms with E-state index in [4.69, 9.17) is 12.2 Å². The van der Waals surface area contributed by atoms with E-state index in [-0.39, 0.29) is 5.91 Å². The quantitative estimate of drug-likeness (QED) is 0.481. The number of rotatable bonds is 6. The molecule has 0 spiro atoms. The minimum absolute atomic E-state index is 0.0748. The second-order valence-corrected chi connectivity index (χ2v) is 5.38. The average molecular weight is 320 g/mol. The molecular weight excluding hydrogens is 296 g/mol. The highest BCUT2D eigenvalue weighted by atomic mass is 32.1. The highest BCUT2D eigenvalue weighted by Gasteiger charge is 2.10. The number of hydrogen-bond donors (Lipinski definition) is 2. The smallest absolute Gasteiger partial charge is 0.228 e. The summed E-state index contributed by atoms with van der Waals surface area (Å²) in [5.74, 6) is 0.0748. The van der Waals surface area contributed by atoms with Gasteiger partial charge in [-0.1, -0.05) is 18.2 Å². The number of para-hydroxylation sites is 1. The van der Waals surface area contributed by atoms with Crippen LogP contribution in [-0.4, -0.2) is 34.7 Å². The van der Waals surface area contributed by atoms with Crippen molar-refractivity contribution in [1.29, 1.82) is 0 Å². The van der Waals surface area contributed by atoms with Crippen molar-refractivity contribution >= 4 is 34.6 Å². The number of amides is 1. The van der Waals surface area contributed by atoms with Crippen molar-refractivity contribution in [2.24, 2.45) is 5.10 Å². The molecule has 0 saturated heterocycles. The lowest BCUT2D eigenvalue weighted by atomic mass is 10.2. The molecule has 1 amide bonds. The van der Waals surface area contributed by atoms with Gasteiger partial charge in [0.15, 0.2) is 5.11 Å². The number of nitrogens with zero attached hydrogens (tertiary/aromatic N) is 2. The third-order valence-electron chi connectivity index (χ3n) is 3.26. The predicted molar refractivity (Wildman–Crippen MR) is 96.2 cm³/mol. The van der Waals surface area contributed by atoms with Gasteiger partial charge in [0.2, 0.25) is 5.91 Å². The summed E-state index contributed by atoms with van der Waals surface area (Å²) in [6, 6.07) is 7.86. The van der Waals surface area contributed by atoms with E-state index in [1.54, 1.807) is 4.90 Å². The Hall–Kier alpha value is -1.95. The van der Waals surface area contributed by atoms with E-state index in [0.29, 0.717) is 30.3 Å². The summed E-state index contributed by atoms with van der Waals surface area (Å²) in [7, 11) is 0. The van der Waals surface area contributed by atoms with Crippen molar-refractivity contribution in [3.8, 4) is 0 Å². The molecule has 0 radical (unpaired) electrons. The maximum Gasteiger partial charge on any atom is 0.228 e. The Bertz CT molecular complexity index is 553. The van der Waals surface area contributed by atoms with Crippen molar-refractivity contribution < 1.29 is 4.79 Å². The number of carbonyl (C=O) groups is 1. The van der Waals surface area contributed by atoms with Gasteiger partial charge in [-0.15, -0.1) is 0 Å². The number of anilines is 1. The molecule has 1 aromatic carbocycles. The lowest BCUT2D eigenvalue weighted by Crippen LogP contribution is -2.32. The molecule has 5 nitrogen and oxygen atoms in total. The molecular formula is C16H24N4OS. The van der Waals surface area contributed by atoms with E-state index >= 15 is 0 Å². The van der Waals surface area contributed by atoms with Crippen molar-refractivity contribution in [3.05, 3.63) is 29.8 Å². The molecule has 0 fully saturated rings. The van der Waals surface area contributed by atoms with Gasteiger partial charge in [-0.05, 0) is 51.5 Å². The fraction of sp³-hybridized carbons (Fsp3) is 0.438. The molecule has 0 atom stereocenters. The molecule has 0 aromatic heterocycles. The van der Waals surface area contributed by atoms with Crippen LogP contribution in [0.2, 0.25) is 0 Å². The number of carbonyl (C=O) groups excluding carboxylic acids is 1. The van der Waals surface area contributed by atoms with Gasteiger partial charge in [0.05, 0.1) is 6.42 Å². The van der Waals surface area contributed by atoms with E-state index < -0.39 is 0 Å². The summed E-state index contributed by atoms with van der Waals surface area (Å²) in [5.41, 5.74) is 5.51. The average Bonchev–Trinajstić information content (AvgIpc) is 2.49. The summed E-state index contributed by atoms with van der Waals surface area (Å²) in [6.45, 7) is 9.17. The highest BCUT2D eigenvalue weighted by molar-refractivity contribution is 7.80. The molecule has 0 aliphatic heterocycles. The van der Waals surface area contributed by atoms with Gasteiger partial charge in [-0.3, -0.25) is 10.2 Å². The van der Waals surface area contributed by atoms with Crippen LogP contribution in [0.4, 0.5) is 5.69 Å². The number of hydrogen-bond acceptors (Lipinski definition) is 3. The molecule has 1 aromatic rings. The van der Waals surface area contributed by atoms with Crippen LogP contribution in [0.25, 0.3) is 0 Å². The van der Waals surface area contributed by atoms with Crippen LogP contribution in [0.3, 0.4) is 0 Å². The minimum atomic E-state index is 0.0748. The lowest BCUT2D eigenvalue weighted by molar-refractivity contribution is -0.129. The van der Waals surface area contributed by atoms with Crippen LogP contribution in [0.1, 0.15) is 32.8 Å². The van der Waals surface area contributed by atoms with Gasteiger partial charge >= 0.3 is 0 Å². The SMILES string of the molecule is CCN(CC)C(=O)C/C(C)=N\NC(=S)Nc1ccccc1C. The largest absolute Gasteiger partial charge is 0.343 e. The van der Waals surface area contributed by atoms with Gasteiger partial charge < -0.3 is 10.2 Å². The third-order valence-corrected chi connectivity index (χ3v) is 3.46. The van der Waals surface area contributed by atoms with Crippen LogP contribution in [0.15, 0.2) is 29.4 Å². The molecule has 0 saturated carbocycles. The summed E-state index contributed by atoms with van der Waals surface area (Å²) in [4.78, 5) is 13.7. The van der Waals surface area contributed by atoms with Crippen molar-refractivity contribution in [2.45, 2.75) is 34.1 Å². The molecule has 6 heteroatoms. The van der Waals surface area contributed by atoms with Crippen LogP contribution in [-0.2, 0) is 4.79 Å². The van der Waals surface area contributed by atoms with Crippen LogP contribution in [0.5, 0.6) is 0 Å². The molecule has 120 valence electrons. The topological polar surface area (TPSA) is 56.7 Å². The maximum atomic E-state index is 12.0. The first-order chi connectivity index (χ1) is 10.5. The van der Waals surface area contributed by atoms with E-state index in [1.165, 1.54) is 0 Å². The fourth-order valence-corrected chi connectivity index (χ4v) is 2.11. The highest BCUT2D eigenvalue weighted by Crippen LogP contribution is 2.12. The zero-order valence-corrected chi connectivity index (χ0v) is 14.5. The number of aryl methyl sites for hydroxylation is 1. The summed E-state index contributed by atoms with van der Waals surface area (Å²) in [5, 5.41) is 7.64. The number of hydrazone groups is 1. The Morgan fingerprint density at radius 3 is 2.50 bits per heavy atom. The van der Waals surface area contributed by atoms with Crippen LogP contribution >= 0.6 is 12.2 Å². The Kier molecular flexibility index (Phi) is 7.52. The Morgan fingerprint density at radius 2 is 1.91 bits per heavy atom. The van der Waals surface area contributed by atoms with Gasteiger partial charge in [0.25, 0.3) is 0 Å². The Balaban J connectivity index is 2.51. The van der Waals surface area contributed by atoms with E-state index in [2.05, 4.69) is 15.8 Å². The predicted octanol–water partition coefficient (Wildman–Crippen LogP) is 2.92. The second kappa shape index (κ2) is 9.15. The lowest BCUT2D eigenvalue weighted by Gasteiger charge is -2.18. The normalized spacial score (nSPS) is 11.0. The molecule has 0 heterocycles. The van der Waals surface area contributed by atoms with E-state index in [9.17, 15) is 4.79 Å². The molecule has 0 aliphatic rings. The number of benzene rings is 1. The zero-order chi connectivity index (χ0) is 16.5. The molecule has 22 heavy (non-hydrogen) atoms. The monoisotopic (exact) mass is 320 g/mol. The van der Waals surface area contributed by atoms with Crippen molar-refractivity contribution in [2.75, 3.05) is 18.4 Å². The minimum Gasteiger partial charge on any atom is -0.343 e. The summed E-state index contributed by atoms with van der Waals surface area (Å²) >= 11 is 5.20. The second-order valence-electron chi connectivity index (χ2n) is 4.97. The molecule has 2 N–H and O–H groups in total.